The van der Waals surface area contributed by atoms with Crippen LogP contribution < -0.4 is 9.47 Å². The summed E-state index contributed by atoms with van der Waals surface area (Å²) in [6.07, 6.45) is 6.38. The molecular weight excluding hydrogens is 404 g/mol. The molecule has 2 fully saturated rings. The van der Waals surface area contributed by atoms with Crippen LogP contribution in [0.4, 0.5) is 0 Å². The van der Waals surface area contributed by atoms with Gasteiger partial charge in [-0.05, 0) is 53.3 Å². The molecule has 1 saturated heterocycles. The summed E-state index contributed by atoms with van der Waals surface area (Å²) in [4.78, 5) is 5.30. The fraction of sp³-hybridized carbons (Fsp3) is 0.708. The highest BCUT2D eigenvalue weighted by Gasteiger charge is 2.33. The summed E-state index contributed by atoms with van der Waals surface area (Å²) in [6, 6.07) is 7.11. The maximum Gasteiger partial charge on any atom is 0.168 e. The van der Waals surface area contributed by atoms with E-state index >= 15 is 0 Å². The quantitative estimate of drug-likeness (QED) is 0.591. The molecule has 0 radical (unpaired) electrons. The van der Waals surface area contributed by atoms with Crippen molar-refractivity contribution >= 4 is 0 Å². The first kappa shape index (κ1) is 23.0. The molecule has 8 nitrogen and oxygen atoms in total. The maximum absolute atomic E-state index is 5.45. The highest BCUT2D eigenvalue weighted by Crippen LogP contribution is 2.31. The lowest BCUT2D eigenvalue weighted by Crippen LogP contribution is -2.51. The van der Waals surface area contributed by atoms with Crippen LogP contribution in [-0.2, 0) is 13.0 Å². The molecule has 4 rings (SSSR count). The van der Waals surface area contributed by atoms with Crippen molar-refractivity contribution in [2.75, 3.05) is 40.4 Å². The average molecular weight is 443 g/mol. The molecule has 0 unspecified atom stereocenters. The van der Waals surface area contributed by atoms with Crippen molar-refractivity contribution in [2.45, 2.75) is 64.6 Å². The van der Waals surface area contributed by atoms with E-state index in [9.17, 15) is 0 Å². The largest absolute Gasteiger partial charge is 0.493 e. The van der Waals surface area contributed by atoms with Crippen molar-refractivity contribution in [1.29, 1.82) is 0 Å². The van der Waals surface area contributed by atoms with Gasteiger partial charge < -0.3 is 9.47 Å². The molecule has 1 aromatic heterocycles. The van der Waals surface area contributed by atoms with Gasteiger partial charge in [0.1, 0.15) is 0 Å². The van der Waals surface area contributed by atoms with Crippen molar-refractivity contribution in [3.63, 3.8) is 0 Å². The highest BCUT2D eigenvalue weighted by molar-refractivity contribution is 5.42. The Morgan fingerprint density at radius 2 is 1.72 bits per heavy atom. The summed E-state index contributed by atoms with van der Waals surface area (Å²) in [5.74, 6) is 2.92. The van der Waals surface area contributed by atoms with Gasteiger partial charge in [0.2, 0.25) is 0 Å². The molecule has 1 aromatic carbocycles. The second-order valence-electron chi connectivity index (χ2n) is 9.40. The molecule has 8 heteroatoms. The van der Waals surface area contributed by atoms with Gasteiger partial charge in [-0.25, -0.2) is 4.68 Å². The standard InChI is InChI=1S/C24H38N6O2/c1-18(2)23(29-15-13-28(14-16-29)20-7-5-6-8-20)24-25-26-27-30(24)12-11-19-9-10-21(31-3)22(17-19)32-4/h9-10,17-18,20,23H,5-8,11-16H2,1-4H3/t23-/m1/s1. The van der Waals surface area contributed by atoms with E-state index in [1.807, 2.05) is 16.8 Å². The molecule has 0 bridgehead atoms. The zero-order valence-electron chi connectivity index (χ0n) is 20.0. The van der Waals surface area contributed by atoms with Gasteiger partial charge in [0.15, 0.2) is 17.3 Å². The summed E-state index contributed by atoms with van der Waals surface area (Å²) in [5, 5.41) is 12.9. The second-order valence-corrected chi connectivity index (χ2v) is 9.40. The van der Waals surface area contributed by atoms with Crippen molar-refractivity contribution in [3.05, 3.63) is 29.6 Å². The Hall–Kier alpha value is -2.19. The molecule has 2 heterocycles. The van der Waals surface area contributed by atoms with E-state index < -0.39 is 0 Å². The van der Waals surface area contributed by atoms with Crippen LogP contribution >= 0.6 is 0 Å². The van der Waals surface area contributed by atoms with Crippen LogP contribution in [0.15, 0.2) is 18.2 Å². The third-order valence-corrected chi connectivity index (χ3v) is 7.10. The van der Waals surface area contributed by atoms with E-state index in [1.165, 1.54) is 31.2 Å². The first-order valence-electron chi connectivity index (χ1n) is 12.1. The van der Waals surface area contributed by atoms with Crippen LogP contribution in [0.5, 0.6) is 11.5 Å². The molecule has 1 saturated carbocycles. The zero-order valence-corrected chi connectivity index (χ0v) is 20.0. The number of piperazine rings is 1. The third-order valence-electron chi connectivity index (χ3n) is 7.10. The van der Waals surface area contributed by atoms with Gasteiger partial charge in [-0.3, -0.25) is 9.80 Å². The van der Waals surface area contributed by atoms with Gasteiger partial charge in [0.05, 0.1) is 20.3 Å². The summed E-state index contributed by atoms with van der Waals surface area (Å²) in [7, 11) is 3.32. The normalized spacial score (nSPS) is 19.5. The molecule has 0 N–H and O–H groups in total. The highest BCUT2D eigenvalue weighted by atomic mass is 16.5. The average Bonchev–Trinajstić information content (AvgIpc) is 3.50. The van der Waals surface area contributed by atoms with E-state index in [0.717, 1.165) is 62.5 Å². The smallest absolute Gasteiger partial charge is 0.168 e. The number of hydrogen-bond donors (Lipinski definition) is 0. The maximum atomic E-state index is 5.45. The van der Waals surface area contributed by atoms with Gasteiger partial charge >= 0.3 is 0 Å². The van der Waals surface area contributed by atoms with Crippen molar-refractivity contribution in [3.8, 4) is 11.5 Å². The predicted octanol–water partition coefficient (Wildman–Crippen LogP) is 3.19. The molecule has 0 amide bonds. The SMILES string of the molecule is COc1ccc(CCn2nnnc2[C@@H](C(C)C)N2CCN(C3CCCC3)CC2)cc1OC. The molecule has 0 spiro atoms. The van der Waals surface area contributed by atoms with Crippen LogP contribution in [0.3, 0.4) is 0 Å². The monoisotopic (exact) mass is 442 g/mol. The van der Waals surface area contributed by atoms with Gasteiger partial charge in [0, 0.05) is 38.8 Å². The Balaban J connectivity index is 1.42. The van der Waals surface area contributed by atoms with Crippen LogP contribution in [0.1, 0.15) is 57.0 Å². The molecule has 2 aliphatic rings. The molecular formula is C24H38N6O2. The van der Waals surface area contributed by atoms with Crippen molar-refractivity contribution < 1.29 is 9.47 Å². The number of ether oxygens (including phenoxy) is 2. The first-order valence-corrected chi connectivity index (χ1v) is 12.1. The van der Waals surface area contributed by atoms with E-state index in [4.69, 9.17) is 9.47 Å². The molecule has 1 aliphatic heterocycles. The number of benzene rings is 1. The van der Waals surface area contributed by atoms with E-state index in [-0.39, 0.29) is 6.04 Å². The number of rotatable bonds is 9. The molecule has 1 atom stereocenters. The van der Waals surface area contributed by atoms with Crippen molar-refractivity contribution in [2.24, 2.45) is 5.92 Å². The summed E-state index contributed by atoms with van der Waals surface area (Å²) in [5.41, 5.74) is 1.18. The predicted molar refractivity (Wildman–Crippen MR) is 124 cm³/mol. The fourth-order valence-corrected chi connectivity index (χ4v) is 5.39. The molecule has 176 valence electrons. The molecule has 32 heavy (non-hydrogen) atoms. The molecule has 1 aliphatic carbocycles. The number of hydrogen-bond acceptors (Lipinski definition) is 7. The third kappa shape index (κ3) is 5.07. The summed E-state index contributed by atoms with van der Waals surface area (Å²) >= 11 is 0. The van der Waals surface area contributed by atoms with Gasteiger partial charge in [-0.15, -0.1) is 5.10 Å². The zero-order chi connectivity index (χ0) is 22.5. The minimum atomic E-state index is 0.237. The fourth-order valence-electron chi connectivity index (χ4n) is 5.39. The lowest BCUT2D eigenvalue weighted by Gasteiger charge is -2.42. The van der Waals surface area contributed by atoms with Gasteiger partial charge in [-0.1, -0.05) is 32.8 Å². The number of tetrazole rings is 1. The minimum Gasteiger partial charge on any atom is -0.493 e. The van der Waals surface area contributed by atoms with Gasteiger partial charge in [-0.2, -0.15) is 0 Å². The van der Waals surface area contributed by atoms with Crippen LogP contribution in [0.2, 0.25) is 0 Å². The first-order chi connectivity index (χ1) is 15.6. The van der Waals surface area contributed by atoms with Crippen LogP contribution in [0.25, 0.3) is 0 Å². The number of aryl methyl sites for hydroxylation is 2. The van der Waals surface area contributed by atoms with E-state index in [2.05, 4.69) is 45.2 Å². The Labute approximate surface area is 191 Å². The van der Waals surface area contributed by atoms with E-state index in [1.54, 1.807) is 14.2 Å². The lowest BCUT2D eigenvalue weighted by molar-refractivity contribution is 0.0499. The minimum absolute atomic E-state index is 0.237. The number of nitrogens with zero attached hydrogens (tertiary/aromatic N) is 6. The Bertz CT molecular complexity index is 856. The Morgan fingerprint density at radius 1 is 1.00 bits per heavy atom. The topological polar surface area (TPSA) is 68.5 Å². The summed E-state index contributed by atoms with van der Waals surface area (Å²) in [6.45, 7) is 9.78. The van der Waals surface area contributed by atoms with Crippen LogP contribution in [0, 0.1) is 5.92 Å². The Morgan fingerprint density at radius 3 is 2.38 bits per heavy atom. The van der Waals surface area contributed by atoms with Gasteiger partial charge in [0.25, 0.3) is 0 Å². The van der Waals surface area contributed by atoms with E-state index in [0.29, 0.717) is 5.92 Å². The number of methoxy groups -OCH3 is 2. The van der Waals surface area contributed by atoms with Crippen LogP contribution in [-0.4, -0.2) is 76.4 Å². The lowest BCUT2D eigenvalue weighted by atomic mass is 10.00. The summed E-state index contributed by atoms with van der Waals surface area (Å²) < 4.78 is 12.8. The number of aromatic nitrogens is 4. The second kappa shape index (κ2) is 10.6. The Kier molecular flexibility index (Phi) is 7.63. The molecule has 2 aromatic rings. The van der Waals surface area contributed by atoms with Crippen molar-refractivity contribution in [1.82, 2.24) is 30.0 Å².